The van der Waals surface area contributed by atoms with Gasteiger partial charge >= 0.3 is 13.1 Å². The molecule has 0 spiro atoms. The molecule has 272 valence electrons. The van der Waals surface area contributed by atoms with Crippen LogP contribution in [0.15, 0.2) is 66.7 Å². The van der Waals surface area contributed by atoms with Gasteiger partial charge in [-0.3, -0.25) is 9.59 Å². The van der Waals surface area contributed by atoms with E-state index in [1.165, 1.54) is 62.5 Å². The maximum Gasteiger partial charge on any atom is 0.495 e. The predicted molar refractivity (Wildman–Crippen MR) is 207 cm³/mol. The van der Waals surface area contributed by atoms with Gasteiger partial charge in [-0.25, -0.2) is 0 Å². The molecule has 1 aliphatic heterocycles. The fraction of sp³-hybridized carbons (Fsp3) is 0.545. The summed E-state index contributed by atoms with van der Waals surface area (Å²) in [5.74, 6) is 1.63. The van der Waals surface area contributed by atoms with Crippen molar-refractivity contribution in [3.63, 3.8) is 0 Å². The third-order valence-corrected chi connectivity index (χ3v) is 12.3. The summed E-state index contributed by atoms with van der Waals surface area (Å²) in [7, 11) is -0.440. The normalized spacial score (nSPS) is 24.2. The predicted octanol–water partition coefficient (Wildman–Crippen LogP) is 10.2. The van der Waals surface area contributed by atoms with Crippen LogP contribution in [0.5, 0.6) is 5.75 Å². The molecule has 2 aliphatic carbocycles. The Kier molecular flexibility index (Phi) is 11.8. The summed E-state index contributed by atoms with van der Waals surface area (Å²) >= 11 is 0. The summed E-state index contributed by atoms with van der Waals surface area (Å²) in [5, 5.41) is 3.10. The number of amides is 1. The first-order valence-electron chi connectivity index (χ1n) is 19.6. The fourth-order valence-corrected chi connectivity index (χ4v) is 8.15. The fourth-order valence-electron chi connectivity index (χ4n) is 8.15. The maximum absolute atomic E-state index is 13.2. The van der Waals surface area contributed by atoms with Crippen LogP contribution in [0.2, 0.25) is 0 Å². The van der Waals surface area contributed by atoms with E-state index < -0.39 is 18.3 Å². The molecule has 1 amide bonds. The molecule has 1 N–H and O–H groups in total. The molecule has 6 rings (SSSR count). The van der Waals surface area contributed by atoms with Crippen LogP contribution in [0, 0.1) is 24.7 Å². The van der Waals surface area contributed by atoms with Crippen molar-refractivity contribution < 1.29 is 23.6 Å². The first-order chi connectivity index (χ1) is 24.4. The number of esters is 1. The van der Waals surface area contributed by atoms with Gasteiger partial charge in [0.05, 0.1) is 17.1 Å². The van der Waals surface area contributed by atoms with Gasteiger partial charge in [0.25, 0.3) is 0 Å². The highest BCUT2D eigenvalue weighted by Gasteiger charge is 2.52. The number of hydrogen-bond donors (Lipinski definition) is 1. The van der Waals surface area contributed by atoms with Gasteiger partial charge in [-0.05, 0) is 150 Å². The van der Waals surface area contributed by atoms with Crippen LogP contribution in [0.3, 0.4) is 0 Å². The van der Waals surface area contributed by atoms with Gasteiger partial charge in [0.15, 0.2) is 0 Å². The van der Waals surface area contributed by atoms with E-state index >= 15 is 0 Å². The number of benzene rings is 3. The molecule has 51 heavy (non-hydrogen) atoms. The molecular weight excluding hydrogens is 633 g/mol. The molecule has 6 nitrogen and oxygen atoms in total. The highest BCUT2D eigenvalue weighted by atomic mass is 16.7. The van der Waals surface area contributed by atoms with Crippen LogP contribution in [0.1, 0.15) is 129 Å². The lowest BCUT2D eigenvalue weighted by atomic mass is 9.76. The van der Waals surface area contributed by atoms with Crippen molar-refractivity contribution in [2.24, 2.45) is 17.8 Å². The number of nitrogens with one attached hydrogen (secondary N) is 1. The molecule has 0 atom stereocenters. The SMILES string of the molecule is CCCCCC1CCC(c2ccc(-c3ccc(OC(=O)C4CCC(C(=O)Nc5ccc(B6OC(C)(C)C(C)(C)O6)c(C)c5)CC4)cc3)cc2)CC1. The number of carbonyl (C=O) groups is 2. The molecule has 1 heterocycles. The number of ether oxygens (including phenoxy) is 1. The number of anilines is 1. The molecule has 1 saturated heterocycles. The van der Waals surface area contributed by atoms with Crippen molar-refractivity contribution in [1.82, 2.24) is 0 Å². The molecule has 0 unspecified atom stereocenters. The largest absolute Gasteiger partial charge is 0.495 e. The van der Waals surface area contributed by atoms with Crippen molar-refractivity contribution in [3.05, 3.63) is 77.9 Å². The monoisotopic (exact) mass is 691 g/mol. The summed E-state index contributed by atoms with van der Waals surface area (Å²) in [5.41, 5.74) is 5.67. The van der Waals surface area contributed by atoms with Gasteiger partial charge < -0.3 is 19.4 Å². The van der Waals surface area contributed by atoms with Gasteiger partial charge in [0, 0.05) is 11.6 Å². The Labute approximate surface area is 306 Å². The highest BCUT2D eigenvalue weighted by Crippen LogP contribution is 2.39. The Hall–Kier alpha value is -3.42. The van der Waals surface area contributed by atoms with Gasteiger partial charge in [0.1, 0.15) is 5.75 Å². The zero-order valence-electron chi connectivity index (χ0n) is 31.8. The Morgan fingerprint density at radius 2 is 1.35 bits per heavy atom. The van der Waals surface area contributed by atoms with Crippen molar-refractivity contribution >= 4 is 30.1 Å². The molecule has 2 saturated carbocycles. The van der Waals surface area contributed by atoms with E-state index in [0.717, 1.165) is 28.2 Å². The molecule has 0 aromatic heterocycles. The lowest BCUT2D eigenvalue weighted by molar-refractivity contribution is -0.141. The van der Waals surface area contributed by atoms with E-state index in [9.17, 15) is 9.59 Å². The van der Waals surface area contributed by atoms with Gasteiger partial charge in [-0.15, -0.1) is 0 Å². The van der Waals surface area contributed by atoms with E-state index in [1.807, 2.05) is 77.1 Å². The summed E-state index contributed by atoms with van der Waals surface area (Å²) in [6, 6.07) is 22.8. The lowest BCUT2D eigenvalue weighted by Gasteiger charge is -2.32. The molecule has 3 aliphatic rings. The summed E-state index contributed by atoms with van der Waals surface area (Å²) < 4.78 is 18.3. The van der Waals surface area contributed by atoms with Crippen LogP contribution in [0.25, 0.3) is 11.1 Å². The topological polar surface area (TPSA) is 73.9 Å². The number of hydrogen-bond acceptors (Lipinski definition) is 5. The first-order valence-corrected chi connectivity index (χ1v) is 19.6. The minimum atomic E-state index is -0.440. The van der Waals surface area contributed by atoms with E-state index in [2.05, 4.69) is 36.5 Å². The second kappa shape index (κ2) is 16.1. The average molecular weight is 692 g/mol. The van der Waals surface area contributed by atoms with Crippen molar-refractivity contribution in [1.29, 1.82) is 0 Å². The lowest BCUT2D eigenvalue weighted by Crippen LogP contribution is -2.41. The van der Waals surface area contributed by atoms with Gasteiger partial charge in [-0.2, -0.15) is 0 Å². The minimum absolute atomic E-state index is 0.00148. The van der Waals surface area contributed by atoms with E-state index in [-0.39, 0.29) is 23.7 Å². The Morgan fingerprint density at radius 3 is 1.94 bits per heavy atom. The van der Waals surface area contributed by atoms with Crippen LogP contribution >= 0.6 is 0 Å². The van der Waals surface area contributed by atoms with Crippen molar-refractivity contribution in [2.75, 3.05) is 5.32 Å². The Bertz CT molecular complexity index is 1620. The quantitative estimate of drug-likeness (QED) is 0.0938. The third-order valence-electron chi connectivity index (χ3n) is 12.3. The standard InChI is InChI=1S/C44H58BNO5/c1-7-8-9-10-31-11-13-32(14-12-31)33-15-17-34(18-16-33)35-23-26-39(27-24-35)49-42(48)37-21-19-36(20-22-37)41(47)46-38-25-28-40(30(2)29-38)45-50-43(3,4)44(5,6)51-45/h15-18,23-29,31-32,36-37H,7-14,19-22H2,1-6H3,(H,46,47). The number of rotatable bonds is 11. The van der Waals surface area contributed by atoms with Gasteiger partial charge in [0.2, 0.25) is 5.91 Å². The Balaban J connectivity index is 0.939. The zero-order valence-corrected chi connectivity index (χ0v) is 31.8. The number of unbranched alkanes of at least 4 members (excludes halogenated alkanes) is 2. The third kappa shape index (κ3) is 8.97. The first kappa shape index (κ1) is 37.3. The molecule has 3 aromatic carbocycles. The summed E-state index contributed by atoms with van der Waals surface area (Å²) in [6.45, 7) is 12.5. The molecule has 7 heteroatoms. The highest BCUT2D eigenvalue weighted by molar-refractivity contribution is 6.62. The van der Waals surface area contributed by atoms with E-state index in [0.29, 0.717) is 37.4 Å². The van der Waals surface area contributed by atoms with E-state index in [4.69, 9.17) is 14.0 Å². The minimum Gasteiger partial charge on any atom is -0.426 e. The average Bonchev–Trinajstić information content (AvgIpc) is 3.34. The molecular formula is C44H58BNO5. The van der Waals surface area contributed by atoms with Crippen LogP contribution < -0.4 is 15.5 Å². The molecule has 0 radical (unpaired) electrons. The van der Waals surface area contributed by atoms with Crippen LogP contribution in [0.4, 0.5) is 5.69 Å². The molecule has 0 bridgehead atoms. The number of carbonyl (C=O) groups excluding carboxylic acids is 2. The summed E-state index contributed by atoms with van der Waals surface area (Å²) in [6.07, 6.45) is 13.4. The molecule has 3 fully saturated rings. The van der Waals surface area contributed by atoms with Crippen LogP contribution in [-0.2, 0) is 18.9 Å². The zero-order chi connectivity index (χ0) is 36.2. The smallest absolute Gasteiger partial charge is 0.426 e. The van der Waals surface area contributed by atoms with E-state index in [1.54, 1.807) is 0 Å². The van der Waals surface area contributed by atoms with Crippen molar-refractivity contribution in [3.8, 4) is 16.9 Å². The summed E-state index contributed by atoms with van der Waals surface area (Å²) in [4.78, 5) is 26.3. The number of aryl methyl sites for hydroxylation is 1. The molecule has 3 aromatic rings. The Morgan fingerprint density at radius 1 is 0.765 bits per heavy atom. The van der Waals surface area contributed by atoms with Gasteiger partial charge in [-0.1, -0.05) is 75.1 Å². The van der Waals surface area contributed by atoms with Crippen LogP contribution in [-0.4, -0.2) is 30.2 Å². The second-order valence-corrected chi connectivity index (χ2v) is 16.5. The van der Waals surface area contributed by atoms with Crippen molar-refractivity contribution in [2.45, 2.75) is 136 Å². The second-order valence-electron chi connectivity index (χ2n) is 16.5. The maximum atomic E-state index is 13.2.